The Hall–Kier alpha value is -2.74. The summed E-state index contributed by atoms with van der Waals surface area (Å²) < 4.78 is 10.2. The molecule has 138 valence electrons. The Balaban J connectivity index is 1.77. The predicted molar refractivity (Wildman–Crippen MR) is 93.7 cm³/mol. The van der Waals surface area contributed by atoms with Gasteiger partial charge in [0.1, 0.15) is 0 Å². The number of rotatable bonds is 5. The highest BCUT2D eigenvalue weighted by Crippen LogP contribution is 2.24. The third-order valence-corrected chi connectivity index (χ3v) is 4.73. The maximum Gasteiger partial charge on any atom is 0.310 e. The lowest BCUT2D eigenvalue weighted by Crippen LogP contribution is -2.40. The molecule has 1 amide bonds. The van der Waals surface area contributed by atoms with E-state index >= 15 is 0 Å². The summed E-state index contributed by atoms with van der Waals surface area (Å²) in [5.74, 6) is -1.14. The highest BCUT2D eigenvalue weighted by Gasteiger charge is 2.31. The Morgan fingerprint density at radius 3 is 2.69 bits per heavy atom. The number of aromatic amines is 1. The lowest BCUT2D eigenvalue weighted by Gasteiger charge is -2.28. The minimum Gasteiger partial charge on any atom is -0.469 e. The largest absolute Gasteiger partial charge is 0.469 e. The van der Waals surface area contributed by atoms with Gasteiger partial charge in [0.25, 0.3) is 11.5 Å². The molecule has 8 nitrogen and oxygen atoms in total. The molecule has 8 heteroatoms. The van der Waals surface area contributed by atoms with Crippen molar-refractivity contribution in [2.24, 2.45) is 11.8 Å². The Labute approximate surface area is 149 Å². The van der Waals surface area contributed by atoms with Gasteiger partial charge in [-0.05, 0) is 24.8 Å². The molecule has 0 saturated carbocycles. The van der Waals surface area contributed by atoms with Crippen LogP contribution in [0.5, 0.6) is 0 Å². The number of methoxy groups -OCH3 is 1. The summed E-state index contributed by atoms with van der Waals surface area (Å²) >= 11 is 0. The lowest BCUT2D eigenvalue weighted by molar-refractivity contribution is -0.148. The summed E-state index contributed by atoms with van der Waals surface area (Å²) in [7, 11) is 1.34. The smallest absolute Gasteiger partial charge is 0.310 e. The zero-order valence-electron chi connectivity index (χ0n) is 14.5. The molecule has 1 saturated heterocycles. The third kappa shape index (κ3) is 3.75. The number of benzene rings is 1. The summed E-state index contributed by atoms with van der Waals surface area (Å²) in [5.41, 5.74) is -0.234. The maximum atomic E-state index is 12.6. The number of hydrogen-bond donors (Lipinski definition) is 2. The van der Waals surface area contributed by atoms with Crippen LogP contribution in [0.2, 0.25) is 0 Å². The molecule has 0 aliphatic carbocycles. The second-order valence-corrected chi connectivity index (χ2v) is 6.24. The average Bonchev–Trinajstić information content (AvgIpc) is 2.69. The van der Waals surface area contributed by atoms with Crippen LogP contribution in [0.4, 0.5) is 0 Å². The molecule has 1 aromatic carbocycles. The van der Waals surface area contributed by atoms with Gasteiger partial charge in [0, 0.05) is 25.1 Å². The minimum atomic E-state index is -0.446. The first kappa shape index (κ1) is 18.1. The number of carbonyl (C=O) groups excluding carboxylic acids is 2. The highest BCUT2D eigenvalue weighted by molar-refractivity contribution is 6.04. The molecule has 1 aliphatic rings. The van der Waals surface area contributed by atoms with Gasteiger partial charge in [-0.25, -0.2) is 5.10 Å². The fourth-order valence-electron chi connectivity index (χ4n) is 3.29. The van der Waals surface area contributed by atoms with Crippen LogP contribution in [-0.2, 0) is 14.3 Å². The summed E-state index contributed by atoms with van der Waals surface area (Å²) in [6, 6.07) is 6.76. The normalized spacial score (nSPS) is 16.2. The van der Waals surface area contributed by atoms with E-state index in [0.29, 0.717) is 24.0 Å². The van der Waals surface area contributed by atoms with Gasteiger partial charge in [-0.3, -0.25) is 14.4 Å². The molecule has 1 aliphatic heterocycles. The first-order valence-corrected chi connectivity index (χ1v) is 8.53. The van der Waals surface area contributed by atoms with E-state index in [1.807, 2.05) is 0 Å². The Morgan fingerprint density at radius 1 is 1.31 bits per heavy atom. The zero-order valence-corrected chi connectivity index (χ0v) is 14.5. The van der Waals surface area contributed by atoms with E-state index in [4.69, 9.17) is 9.47 Å². The summed E-state index contributed by atoms with van der Waals surface area (Å²) in [6.45, 7) is 1.34. The van der Waals surface area contributed by atoms with Crippen molar-refractivity contribution in [2.45, 2.75) is 12.8 Å². The fourth-order valence-corrected chi connectivity index (χ4v) is 3.29. The van der Waals surface area contributed by atoms with Crippen molar-refractivity contribution in [3.05, 3.63) is 40.3 Å². The standard InChI is InChI=1S/C18H21N3O5/c1-25-18(24)14(11-6-8-26-9-7-11)10-19-17(23)15-12-4-2-3-5-13(12)16(22)21-20-15/h2-5,11,14H,6-10H2,1H3,(H,19,23)(H,21,22). The number of nitrogens with one attached hydrogen (secondary N) is 2. The maximum absolute atomic E-state index is 12.6. The number of ether oxygens (including phenoxy) is 2. The van der Waals surface area contributed by atoms with Crippen LogP contribution in [-0.4, -0.2) is 48.9 Å². The molecule has 0 bridgehead atoms. The van der Waals surface area contributed by atoms with Crippen molar-refractivity contribution in [3.8, 4) is 0 Å². The van der Waals surface area contributed by atoms with E-state index in [-0.39, 0.29) is 29.7 Å². The monoisotopic (exact) mass is 359 g/mol. The fraction of sp³-hybridized carbons (Fsp3) is 0.444. The molecular formula is C18H21N3O5. The van der Waals surface area contributed by atoms with Crippen molar-refractivity contribution < 1.29 is 19.1 Å². The van der Waals surface area contributed by atoms with Gasteiger partial charge < -0.3 is 14.8 Å². The predicted octanol–water partition coefficient (Wildman–Crippen LogP) is 0.869. The van der Waals surface area contributed by atoms with Crippen LogP contribution in [0.3, 0.4) is 0 Å². The van der Waals surface area contributed by atoms with Crippen LogP contribution in [0, 0.1) is 11.8 Å². The topological polar surface area (TPSA) is 110 Å². The molecule has 0 radical (unpaired) electrons. The van der Waals surface area contributed by atoms with E-state index < -0.39 is 11.8 Å². The van der Waals surface area contributed by atoms with Crippen LogP contribution in [0.25, 0.3) is 10.8 Å². The molecule has 26 heavy (non-hydrogen) atoms. The van der Waals surface area contributed by atoms with Crippen molar-refractivity contribution in [3.63, 3.8) is 0 Å². The van der Waals surface area contributed by atoms with E-state index in [2.05, 4.69) is 15.5 Å². The number of H-pyrrole nitrogens is 1. The van der Waals surface area contributed by atoms with Gasteiger partial charge in [0.15, 0.2) is 5.69 Å². The molecule has 1 atom stereocenters. The van der Waals surface area contributed by atoms with Crippen LogP contribution >= 0.6 is 0 Å². The quantitative estimate of drug-likeness (QED) is 0.767. The van der Waals surface area contributed by atoms with Gasteiger partial charge in [-0.2, -0.15) is 5.10 Å². The zero-order chi connectivity index (χ0) is 18.5. The Kier molecular flexibility index (Phi) is 5.62. The highest BCUT2D eigenvalue weighted by atomic mass is 16.5. The molecular weight excluding hydrogens is 338 g/mol. The number of carbonyl (C=O) groups is 2. The number of amides is 1. The van der Waals surface area contributed by atoms with E-state index in [9.17, 15) is 14.4 Å². The third-order valence-electron chi connectivity index (χ3n) is 4.73. The SMILES string of the molecule is COC(=O)C(CNC(=O)c1n[nH]c(=O)c2ccccc12)C1CCOCC1. The number of fused-ring (bicyclic) bond motifs is 1. The van der Waals surface area contributed by atoms with Crippen molar-refractivity contribution in [1.82, 2.24) is 15.5 Å². The number of aromatic nitrogens is 2. The van der Waals surface area contributed by atoms with Gasteiger partial charge in [0.05, 0.1) is 18.4 Å². The molecule has 1 unspecified atom stereocenters. The Morgan fingerprint density at radius 2 is 2.00 bits per heavy atom. The molecule has 1 fully saturated rings. The lowest BCUT2D eigenvalue weighted by atomic mass is 9.86. The number of esters is 1. The van der Waals surface area contributed by atoms with Crippen molar-refractivity contribution in [1.29, 1.82) is 0 Å². The first-order chi connectivity index (χ1) is 12.6. The summed E-state index contributed by atoms with van der Waals surface area (Å²) in [6.07, 6.45) is 1.49. The van der Waals surface area contributed by atoms with E-state index in [0.717, 1.165) is 12.8 Å². The van der Waals surface area contributed by atoms with Crippen LogP contribution < -0.4 is 10.9 Å². The first-order valence-electron chi connectivity index (χ1n) is 8.53. The van der Waals surface area contributed by atoms with Gasteiger partial charge in [-0.15, -0.1) is 0 Å². The molecule has 2 aromatic rings. The van der Waals surface area contributed by atoms with Crippen molar-refractivity contribution in [2.75, 3.05) is 26.9 Å². The summed E-state index contributed by atoms with van der Waals surface area (Å²) in [4.78, 5) is 36.6. The van der Waals surface area contributed by atoms with Crippen LogP contribution in [0.15, 0.2) is 29.1 Å². The number of nitrogens with zero attached hydrogens (tertiary/aromatic N) is 1. The van der Waals surface area contributed by atoms with Gasteiger partial charge in [-0.1, -0.05) is 18.2 Å². The van der Waals surface area contributed by atoms with E-state index in [1.54, 1.807) is 24.3 Å². The second kappa shape index (κ2) is 8.09. The molecule has 0 spiro atoms. The molecule has 3 rings (SSSR count). The van der Waals surface area contributed by atoms with Crippen molar-refractivity contribution >= 4 is 22.6 Å². The van der Waals surface area contributed by atoms with E-state index in [1.165, 1.54) is 7.11 Å². The number of hydrogen-bond acceptors (Lipinski definition) is 6. The molecule has 2 N–H and O–H groups in total. The molecule has 2 heterocycles. The Bertz CT molecular complexity index is 857. The minimum absolute atomic E-state index is 0.0942. The molecule has 1 aromatic heterocycles. The average molecular weight is 359 g/mol. The second-order valence-electron chi connectivity index (χ2n) is 6.24. The van der Waals surface area contributed by atoms with Gasteiger partial charge in [0.2, 0.25) is 0 Å². The van der Waals surface area contributed by atoms with Gasteiger partial charge >= 0.3 is 5.97 Å². The summed E-state index contributed by atoms with van der Waals surface area (Å²) in [5, 5.41) is 9.83. The van der Waals surface area contributed by atoms with Crippen LogP contribution in [0.1, 0.15) is 23.3 Å².